The number of hydrogen-bond acceptors (Lipinski definition) is 2. The molecule has 0 aromatic heterocycles. The zero-order valence-electron chi connectivity index (χ0n) is 5.47. The molecule has 0 amide bonds. The Labute approximate surface area is 49.9 Å². The van der Waals surface area contributed by atoms with Crippen LogP contribution in [0.4, 0.5) is 0 Å². The maximum absolute atomic E-state index is 8.38. The SMILES string of the molecule is C/N=C/C(C)(C)C#N. The van der Waals surface area contributed by atoms with Crippen LogP contribution in [0.2, 0.25) is 0 Å². The molecule has 0 aliphatic rings. The van der Waals surface area contributed by atoms with E-state index in [2.05, 4.69) is 11.1 Å². The van der Waals surface area contributed by atoms with Crippen molar-refractivity contribution in [2.75, 3.05) is 7.05 Å². The van der Waals surface area contributed by atoms with Crippen molar-refractivity contribution in [2.45, 2.75) is 13.8 Å². The van der Waals surface area contributed by atoms with Crippen molar-refractivity contribution in [1.29, 1.82) is 5.26 Å². The molecule has 0 unspecified atom stereocenters. The third kappa shape index (κ3) is 2.35. The first kappa shape index (κ1) is 7.16. The van der Waals surface area contributed by atoms with Crippen LogP contribution in [0, 0.1) is 16.7 Å². The quantitative estimate of drug-likeness (QED) is 0.468. The molecular weight excluding hydrogens is 100 g/mol. The summed E-state index contributed by atoms with van der Waals surface area (Å²) in [7, 11) is 1.67. The van der Waals surface area contributed by atoms with Gasteiger partial charge in [0.25, 0.3) is 0 Å². The van der Waals surface area contributed by atoms with Crippen LogP contribution in [-0.4, -0.2) is 13.3 Å². The highest BCUT2D eigenvalue weighted by Crippen LogP contribution is 2.07. The Morgan fingerprint density at radius 3 is 2.25 bits per heavy atom. The number of rotatable bonds is 1. The summed E-state index contributed by atoms with van der Waals surface area (Å²) in [5.41, 5.74) is -0.394. The second-order valence-electron chi connectivity index (χ2n) is 2.22. The average Bonchev–Trinajstić information content (AvgIpc) is 1.67. The normalized spacial score (nSPS) is 11.8. The van der Waals surface area contributed by atoms with Gasteiger partial charge in [-0.3, -0.25) is 4.99 Å². The molecule has 8 heavy (non-hydrogen) atoms. The largest absolute Gasteiger partial charge is 0.299 e. The minimum absolute atomic E-state index is 0.394. The lowest BCUT2D eigenvalue weighted by Crippen LogP contribution is -2.08. The van der Waals surface area contributed by atoms with Gasteiger partial charge in [0.2, 0.25) is 0 Å². The summed E-state index contributed by atoms with van der Waals surface area (Å²) in [6.07, 6.45) is 1.63. The number of nitrogens with zero attached hydrogens (tertiary/aromatic N) is 2. The van der Waals surface area contributed by atoms with Crippen molar-refractivity contribution in [3.8, 4) is 6.07 Å². The van der Waals surface area contributed by atoms with Gasteiger partial charge in [0.1, 0.15) is 0 Å². The Kier molecular flexibility index (Phi) is 2.20. The molecule has 0 saturated carbocycles. The second-order valence-corrected chi connectivity index (χ2v) is 2.22. The van der Waals surface area contributed by atoms with E-state index in [0.717, 1.165) is 0 Å². The molecule has 0 bridgehead atoms. The van der Waals surface area contributed by atoms with Crippen LogP contribution in [0.3, 0.4) is 0 Å². The molecule has 2 nitrogen and oxygen atoms in total. The molecule has 0 heterocycles. The van der Waals surface area contributed by atoms with Gasteiger partial charge in [0.05, 0.1) is 11.5 Å². The first-order chi connectivity index (χ1) is 3.62. The van der Waals surface area contributed by atoms with E-state index in [0.29, 0.717) is 0 Å². The summed E-state index contributed by atoms with van der Waals surface area (Å²) in [5, 5.41) is 8.38. The van der Waals surface area contributed by atoms with Gasteiger partial charge < -0.3 is 0 Å². The summed E-state index contributed by atoms with van der Waals surface area (Å²) in [6, 6.07) is 2.09. The highest BCUT2D eigenvalue weighted by atomic mass is 14.6. The first-order valence-electron chi connectivity index (χ1n) is 2.47. The second kappa shape index (κ2) is 2.46. The highest BCUT2D eigenvalue weighted by Gasteiger charge is 2.10. The minimum Gasteiger partial charge on any atom is -0.299 e. The van der Waals surface area contributed by atoms with E-state index >= 15 is 0 Å². The van der Waals surface area contributed by atoms with Crippen molar-refractivity contribution in [3.63, 3.8) is 0 Å². The van der Waals surface area contributed by atoms with E-state index < -0.39 is 5.41 Å². The van der Waals surface area contributed by atoms with E-state index in [1.54, 1.807) is 13.3 Å². The van der Waals surface area contributed by atoms with Gasteiger partial charge in [-0.2, -0.15) is 5.26 Å². The predicted molar refractivity (Wildman–Crippen MR) is 33.8 cm³/mol. The minimum atomic E-state index is -0.394. The van der Waals surface area contributed by atoms with Crippen LogP contribution in [0.25, 0.3) is 0 Å². The Morgan fingerprint density at radius 2 is 2.12 bits per heavy atom. The van der Waals surface area contributed by atoms with Crippen LogP contribution in [0.5, 0.6) is 0 Å². The van der Waals surface area contributed by atoms with Gasteiger partial charge in [-0.05, 0) is 13.8 Å². The smallest absolute Gasteiger partial charge is 0.0863 e. The molecule has 0 atom stereocenters. The number of hydrogen-bond donors (Lipinski definition) is 0. The fraction of sp³-hybridized carbons (Fsp3) is 0.667. The third-order valence-electron chi connectivity index (χ3n) is 0.740. The van der Waals surface area contributed by atoms with Crippen molar-refractivity contribution < 1.29 is 0 Å². The zero-order valence-corrected chi connectivity index (χ0v) is 5.47. The van der Waals surface area contributed by atoms with Crippen molar-refractivity contribution in [1.82, 2.24) is 0 Å². The molecule has 0 aliphatic heterocycles. The first-order valence-corrected chi connectivity index (χ1v) is 2.47. The fourth-order valence-corrected chi connectivity index (χ4v) is 0.352. The van der Waals surface area contributed by atoms with E-state index in [9.17, 15) is 0 Å². The molecule has 2 heteroatoms. The predicted octanol–water partition coefficient (Wildman–Crippen LogP) is 1.24. The summed E-state index contributed by atoms with van der Waals surface area (Å²) in [6.45, 7) is 3.64. The molecule has 0 N–H and O–H groups in total. The third-order valence-corrected chi connectivity index (χ3v) is 0.740. The lowest BCUT2D eigenvalue weighted by Gasteiger charge is -2.04. The maximum atomic E-state index is 8.38. The van der Waals surface area contributed by atoms with E-state index in [1.807, 2.05) is 13.8 Å². The average molecular weight is 110 g/mol. The lowest BCUT2D eigenvalue weighted by atomic mass is 9.98. The Hall–Kier alpha value is -0.840. The van der Waals surface area contributed by atoms with Gasteiger partial charge in [0.15, 0.2) is 0 Å². The highest BCUT2D eigenvalue weighted by molar-refractivity contribution is 5.68. The standard InChI is InChI=1S/C6H10N2/c1-6(2,4-7)5-8-3/h5H,1-3H3/b8-5+. The molecule has 0 rings (SSSR count). The van der Waals surface area contributed by atoms with Crippen molar-refractivity contribution in [3.05, 3.63) is 0 Å². The number of nitriles is 1. The molecular formula is C6H10N2. The zero-order chi connectivity index (χ0) is 6.62. The fourth-order valence-electron chi connectivity index (χ4n) is 0.352. The molecule has 0 saturated heterocycles. The van der Waals surface area contributed by atoms with Crippen LogP contribution in [0.1, 0.15) is 13.8 Å². The summed E-state index contributed by atoms with van der Waals surface area (Å²) in [4.78, 5) is 3.73. The monoisotopic (exact) mass is 110 g/mol. The molecule has 0 fully saturated rings. The molecule has 0 aromatic rings. The van der Waals surface area contributed by atoms with Gasteiger partial charge in [-0.25, -0.2) is 0 Å². The van der Waals surface area contributed by atoms with E-state index in [4.69, 9.17) is 5.26 Å². The maximum Gasteiger partial charge on any atom is 0.0863 e. The van der Waals surface area contributed by atoms with E-state index in [1.165, 1.54) is 0 Å². The van der Waals surface area contributed by atoms with Gasteiger partial charge in [-0.1, -0.05) is 0 Å². The Bertz CT molecular complexity index is 128. The van der Waals surface area contributed by atoms with E-state index in [-0.39, 0.29) is 0 Å². The lowest BCUT2D eigenvalue weighted by molar-refractivity contribution is 0.711. The Balaban J connectivity index is 3.97. The molecule has 0 spiro atoms. The van der Waals surface area contributed by atoms with Crippen LogP contribution in [-0.2, 0) is 0 Å². The van der Waals surface area contributed by atoms with Crippen molar-refractivity contribution in [2.24, 2.45) is 10.4 Å². The summed E-state index contributed by atoms with van der Waals surface area (Å²) < 4.78 is 0. The topological polar surface area (TPSA) is 36.1 Å². The molecule has 0 radical (unpaired) electrons. The van der Waals surface area contributed by atoms with Crippen molar-refractivity contribution >= 4 is 6.21 Å². The van der Waals surface area contributed by atoms with Crippen LogP contribution < -0.4 is 0 Å². The molecule has 0 aliphatic carbocycles. The van der Waals surface area contributed by atoms with Gasteiger partial charge >= 0.3 is 0 Å². The molecule has 44 valence electrons. The van der Waals surface area contributed by atoms with Gasteiger partial charge in [0, 0.05) is 13.3 Å². The molecule has 0 aromatic carbocycles. The summed E-state index contributed by atoms with van der Waals surface area (Å²) >= 11 is 0. The van der Waals surface area contributed by atoms with Crippen LogP contribution >= 0.6 is 0 Å². The summed E-state index contributed by atoms with van der Waals surface area (Å²) in [5.74, 6) is 0. The number of aliphatic imine (C=N–C) groups is 1. The van der Waals surface area contributed by atoms with Crippen LogP contribution in [0.15, 0.2) is 4.99 Å². The van der Waals surface area contributed by atoms with Gasteiger partial charge in [-0.15, -0.1) is 0 Å². The Morgan fingerprint density at radius 1 is 1.62 bits per heavy atom.